The maximum atomic E-state index is 5.88. The van der Waals surface area contributed by atoms with E-state index < -0.39 is 0 Å². The van der Waals surface area contributed by atoms with Crippen LogP contribution in [0.25, 0.3) is 0 Å². The van der Waals surface area contributed by atoms with Crippen molar-refractivity contribution in [3.63, 3.8) is 0 Å². The number of aryl methyl sites for hydroxylation is 1. The van der Waals surface area contributed by atoms with Crippen LogP contribution in [0, 0.1) is 6.92 Å². The van der Waals surface area contributed by atoms with Gasteiger partial charge < -0.3 is 5.73 Å². The van der Waals surface area contributed by atoms with E-state index in [2.05, 4.69) is 37.3 Å². The van der Waals surface area contributed by atoms with E-state index in [0.717, 1.165) is 10.8 Å². The normalized spacial score (nSPS) is 10.6. The lowest BCUT2D eigenvalue weighted by molar-refractivity contribution is 1.01. The van der Waals surface area contributed by atoms with Gasteiger partial charge in [-0.2, -0.15) is 0 Å². The van der Waals surface area contributed by atoms with Crippen molar-refractivity contribution in [3.05, 3.63) is 64.2 Å². The van der Waals surface area contributed by atoms with Crippen molar-refractivity contribution in [2.24, 2.45) is 5.73 Å². The molecule has 2 aromatic carbocycles. The van der Waals surface area contributed by atoms with Crippen LogP contribution in [0.15, 0.2) is 47.4 Å². The van der Waals surface area contributed by atoms with E-state index in [0.29, 0.717) is 6.54 Å². The van der Waals surface area contributed by atoms with Gasteiger partial charge in [0, 0.05) is 22.2 Å². The zero-order valence-corrected chi connectivity index (χ0v) is 11.9. The highest BCUT2D eigenvalue weighted by molar-refractivity contribution is 7.98. The Morgan fingerprint density at radius 2 is 1.83 bits per heavy atom. The Balaban J connectivity index is 2.12. The van der Waals surface area contributed by atoms with E-state index in [9.17, 15) is 0 Å². The summed E-state index contributed by atoms with van der Waals surface area (Å²) >= 11 is 7.71. The number of thioether (sulfide) groups is 1. The van der Waals surface area contributed by atoms with Crippen LogP contribution in [0.4, 0.5) is 0 Å². The van der Waals surface area contributed by atoms with E-state index in [4.69, 9.17) is 17.3 Å². The van der Waals surface area contributed by atoms with Gasteiger partial charge in [0.1, 0.15) is 0 Å². The maximum Gasteiger partial charge on any atom is 0.0406 e. The van der Waals surface area contributed by atoms with Crippen molar-refractivity contribution in [3.8, 4) is 0 Å². The van der Waals surface area contributed by atoms with Crippen LogP contribution in [-0.2, 0) is 12.3 Å². The monoisotopic (exact) mass is 277 g/mol. The van der Waals surface area contributed by atoms with Crippen molar-refractivity contribution in [1.29, 1.82) is 0 Å². The van der Waals surface area contributed by atoms with Crippen molar-refractivity contribution in [2.45, 2.75) is 24.1 Å². The van der Waals surface area contributed by atoms with Gasteiger partial charge in [-0.05, 0) is 35.7 Å². The summed E-state index contributed by atoms with van der Waals surface area (Å²) in [5.41, 5.74) is 9.56. The first-order valence-corrected chi connectivity index (χ1v) is 7.23. The predicted molar refractivity (Wildman–Crippen MR) is 80.1 cm³/mol. The molecule has 0 atom stereocenters. The van der Waals surface area contributed by atoms with Gasteiger partial charge in [-0.15, -0.1) is 11.8 Å². The van der Waals surface area contributed by atoms with Gasteiger partial charge in [0.15, 0.2) is 0 Å². The molecule has 0 aliphatic rings. The van der Waals surface area contributed by atoms with Crippen LogP contribution in [0.3, 0.4) is 0 Å². The largest absolute Gasteiger partial charge is 0.326 e. The molecule has 94 valence electrons. The minimum Gasteiger partial charge on any atom is -0.326 e. The lowest BCUT2D eigenvalue weighted by Crippen LogP contribution is -1.99. The molecule has 0 saturated heterocycles. The third-order valence-electron chi connectivity index (χ3n) is 2.81. The Morgan fingerprint density at radius 1 is 1.11 bits per heavy atom. The smallest absolute Gasteiger partial charge is 0.0406 e. The zero-order valence-electron chi connectivity index (χ0n) is 10.3. The van der Waals surface area contributed by atoms with Gasteiger partial charge >= 0.3 is 0 Å². The van der Waals surface area contributed by atoms with Crippen LogP contribution in [0.1, 0.15) is 16.7 Å². The summed E-state index contributed by atoms with van der Waals surface area (Å²) in [5, 5.41) is 0.780. The van der Waals surface area contributed by atoms with E-state index in [-0.39, 0.29) is 0 Å². The average Bonchev–Trinajstić information content (AvgIpc) is 2.39. The molecular weight excluding hydrogens is 262 g/mol. The molecule has 0 aromatic heterocycles. The van der Waals surface area contributed by atoms with Gasteiger partial charge in [-0.1, -0.05) is 41.9 Å². The molecule has 0 fully saturated rings. The van der Waals surface area contributed by atoms with Gasteiger partial charge in [-0.25, -0.2) is 0 Å². The molecule has 0 heterocycles. The van der Waals surface area contributed by atoms with Crippen LogP contribution in [0.2, 0.25) is 5.02 Å². The first kappa shape index (κ1) is 13.5. The molecule has 0 saturated carbocycles. The molecule has 2 rings (SSSR count). The molecule has 0 unspecified atom stereocenters. The molecule has 2 aromatic rings. The average molecular weight is 278 g/mol. The molecule has 0 bridgehead atoms. The van der Waals surface area contributed by atoms with Crippen molar-refractivity contribution in [2.75, 3.05) is 0 Å². The van der Waals surface area contributed by atoms with E-state index in [1.165, 1.54) is 21.6 Å². The molecule has 0 aliphatic carbocycles. The number of halogens is 1. The van der Waals surface area contributed by atoms with Crippen LogP contribution in [-0.4, -0.2) is 0 Å². The lowest BCUT2D eigenvalue weighted by atomic mass is 10.1. The summed E-state index contributed by atoms with van der Waals surface area (Å²) in [5.74, 6) is 0.940. The molecule has 3 heteroatoms. The minimum atomic E-state index is 0.588. The fourth-order valence-corrected chi connectivity index (χ4v) is 3.08. The second-order valence-corrected chi connectivity index (χ2v) is 5.60. The summed E-state index contributed by atoms with van der Waals surface area (Å²) in [6, 6.07) is 14.3. The third kappa shape index (κ3) is 3.29. The number of nitrogens with two attached hydrogens (primary N) is 1. The molecule has 0 radical (unpaired) electrons. The van der Waals surface area contributed by atoms with Crippen molar-refractivity contribution >= 4 is 23.4 Å². The molecule has 18 heavy (non-hydrogen) atoms. The summed E-state index contributed by atoms with van der Waals surface area (Å²) in [7, 11) is 0. The summed E-state index contributed by atoms with van der Waals surface area (Å²) < 4.78 is 0. The molecular formula is C15H16ClNS. The lowest BCUT2D eigenvalue weighted by Gasteiger charge is -2.10. The Kier molecular flexibility index (Phi) is 4.70. The summed E-state index contributed by atoms with van der Waals surface area (Å²) in [6.07, 6.45) is 0. The Labute approximate surface area is 117 Å². The fraction of sp³-hybridized carbons (Fsp3) is 0.200. The quantitative estimate of drug-likeness (QED) is 0.839. The van der Waals surface area contributed by atoms with Crippen molar-refractivity contribution in [1.82, 2.24) is 0 Å². The van der Waals surface area contributed by atoms with Gasteiger partial charge in [0.05, 0.1) is 0 Å². The zero-order chi connectivity index (χ0) is 13.0. The number of benzene rings is 2. The third-order valence-corrected chi connectivity index (χ3v) is 4.41. The van der Waals surface area contributed by atoms with Crippen LogP contribution >= 0.6 is 23.4 Å². The Hall–Kier alpha value is -0.960. The number of hydrogen-bond donors (Lipinski definition) is 1. The second-order valence-electron chi connectivity index (χ2n) is 4.18. The Morgan fingerprint density at radius 3 is 2.50 bits per heavy atom. The molecule has 1 nitrogen and oxygen atoms in total. The first-order chi connectivity index (χ1) is 8.70. The number of hydrogen-bond acceptors (Lipinski definition) is 2. The van der Waals surface area contributed by atoms with E-state index in [1.807, 2.05) is 23.9 Å². The van der Waals surface area contributed by atoms with Gasteiger partial charge in [-0.3, -0.25) is 0 Å². The standard InChI is InChI=1S/C15H16ClNS/c1-11-3-2-4-13(9-17)15(11)18-10-12-5-7-14(16)8-6-12/h2-8H,9-10,17H2,1H3. The molecule has 0 spiro atoms. The highest BCUT2D eigenvalue weighted by Crippen LogP contribution is 2.29. The summed E-state index contributed by atoms with van der Waals surface area (Å²) in [6.45, 7) is 2.72. The highest BCUT2D eigenvalue weighted by Gasteiger charge is 2.05. The maximum absolute atomic E-state index is 5.88. The SMILES string of the molecule is Cc1cccc(CN)c1SCc1ccc(Cl)cc1. The summed E-state index contributed by atoms with van der Waals surface area (Å²) in [4.78, 5) is 1.30. The van der Waals surface area contributed by atoms with Gasteiger partial charge in [0.2, 0.25) is 0 Å². The molecule has 0 aliphatic heterocycles. The Bertz CT molecular complexity index is 523. The molecule has 2 N–H and O–H groups in total. The minimum absolute atomic E-state index is 0.588. The topological polar surface area (TPSA) is 26.0 Å². The van der Waals surface area contributed by atoms with Crippen LogP contribution < -0.4 is 5.73 Å². The van der Waals surface area contributed by atoms with Gasteiger partial charge in [0.25, 0.3) is 0 Å². The van der Waals surface area contributed by atoms with Crippen molar-refractivity contribution < 1.29 is 0 Å². The van der Waals surface area contributed by atoms with Crippen LogP contribution in [0.5, 0.6) is 0 Å². The number of rotatable bonds is 4. The highest BCUT2D eigenvalue weighted by atomic mass is 35.5. The predicted octanol–water partition coefficient (Wildman–Crippen LogP) is 4.40. The van der Waals surface area contributed by atoms with E-state index in [1.54, 1.807) is 0 Å². The molecule has 0 amide bonds. The fourth-order valence-electron chi connectivity index (χ4n) is 1.82. The first-order valence-electron chi connectivity index (χ1n) is 5.86. The second kappa shape index (κ2) is 6.28. The van der Waals surface area contributed by atoms with E-state index >= 15 is 0 Å².